The van der Waals surface area contributed by atoms with Crippen LogP contribution in [0, 0.1) is 12.3 Å². The molecule has 1 atom stereocenters. The molecular weight excluding hydrogens is 292 g/mol. The number of rotatable bonds is 7. The van der Waals surface area contributed by atoms with Crippen LogP contribution >= 0.6 is 11.6 Å². The molecule has 5 nitrogen and oxygen atoms in total. The van der Waals surface area contributed by atoms with Crippen LogP contribution < -0.4 is 20.1 Å². The van der Waals surface area contributed by atoms with E-state index in [0.29, 0.717) is 23.1 Å². The molecule has 0 saturated heterocycles. The van der Waals surface area contributed by atoms with Crippen molar-refractivity contribution in [2.75, 3.05) is 20.7 Å². The Morgan fingerprint density at radius 2 is 2.24 bits per heavy atom. The fourth-order valence-corrected chi connectivity index (χ4v) is 1.97. The summed E-state index contributed by atoms with van der Waals surface area (Å²) >= 11 is 6.04. The first kappa shape index (κ1) is 17.2. The summed E-state index contributed by atoms with van der Waals surface area (Å²) < 4.78 is 11.0. The lowest BCUT2D eigenvalue weighted by Crippen LogP contribution is -2.36. The van der Waals surface area contributed by atoms with E-state index in [1.165, 1.54) is 7.11 Å². The largest absolute Gasteiger partial charge is 0.493 e. The van der Waals surface area contributed by atoms with E-state index < -0.39 is 6.10 Å². The topological polar surface area (TPSA) is 59.6 Å². The number of nitrogens with one attached hydrogen (secondary N) is 2. The van der Waals surface area contributed by atoms with E-state index in [1.54, 1.807) is 26.1 Å². The zero-order valence-electron chi connectivity index (χ0n) is 12.3. The lowest BCUT2D eigenvalue weighted by Gasteiger charge is -2.19. The van der Waals surface area contributed by atoms with Gasteiger partial charge in [-0.1, -0.05) is 17.5 Å². The lowest BCUT2D eigenvalue weighted by molar-refractivity contribution is -0.127. The van der Waals surface area contributed by atoms with Crippen molar-refractivity contribution in [2.45, 2.75) is 19.6 Å². The second-order valence-corrected chi connectivity index (χ2v) is 4.75. The van der Waals surface area contributed by atoms with Gasteiger partial charge in [-0.05, 0) is 20.0 Å². The molecule has 1 aromatic carbocycles. The molecule has 1 amide bonds. The Balaban J connectivity index is 2.99. The quantitative estimate of drug-likeness (QED) is 0.751. The van der Waals surface area contributed by atoms with Crippen molar-refractivity contribution in [2.24, 2.45) is 0 Å². The van der Waals surface area contributed by atoms with Crippen LogP contribution in [0.3, 0.4) is 0 Å². The van der Waals surface area contributed by atoms with Crippen LogP contribution in [0.4, 0.5) is 0 Å². The molecule has 2 N–H and O–H groups in total. The number of amides is 1. The zero-order chi connectivity index (χ0) is 15.8. The van der Waals surface area contributed by atoms with Gasteiger partial charge in [0, 0.05) is 23.2 Å². The van der Waals surface area contributed by atoms with Crippen LogP contribution in [0.2, 0.25) is 5.02 Å². The van der Waals surface area contributed by atoms with Crippen molar-refractivity contribution >= 4 is 17.5 Å². The fourth-order valence-electron chi connectivity index (χ4n) is 1.74. The molecule has 0 saturated carbocycles. The summed E-state index contributed by atoms with van der Waals surface area (Å²) in [5, 5.41) is 6.12. The van der Waals surface area contributed by atoms with Crippen LogP contribution in [0.1, 0.15) is 12.5 Å². The minimum Gasteiger partial charge on any atom is -0.493 e. The number of methoxy groups -OCH3 is 1. The highest BCUT2D eigenvalue weighted by Crippen LogP contribution is 2.35. The van der Waals surface area contributed by atoms with Gasteiger partial charge in [-0.3, -0.25) is 4.79 Å². The summed E-state index contributed by atoms with van der Waals surface area (Å²) in [4.78, 5) is 11.8. The number of hydrogen-bond acceptors (Lipinski definition) is 4. The van der Waals surface area contributed by atoms with Gasteiger partial charge in [-0.2, -0.15) is 0 Å². The number of terminal acetylenes is 1. The predicted molar refractivity (Wildman–Crippen MR) is 82.7 cm³/mol. The number of carbonyl (C=O) groups is 1. The van der Waals surface area contributed by atoms with Crippen molar-refractivity contribution in [1.82, 2.24) is 10.6 Å². The van der Waals surface area contributed by atoms with Gasteiger partial charge < -0.3 is 20.1 Å². The summed E-state index contributed by atoms with van der Waals surface area (Å²) in [5.74, 6) is 3.01. The monoisotopic (exact) mass is 310 g/mol. The highest BCUT2D eigenvalue weighted by Gasteiger charge is 2.19. The third kappa shape index (κ3) is 4.85. The Hall–Kier alpha value is -1.90. The molecular formula is C15H19ClN2O3. The molecule has 6 heteroatoms. The lowest BCUT2D eigenvalue weighted by atomic mass is 10.1. The van der Waals surface area contributed by atoms with Gasteiger partial charge >= 0.3 is 0 Å². The average Bonchev–Trinajstić information content (AvgIpc) is 2.47. The standard InChI is InChI=1S/C15H19ClN2O3/c1-5-6-18-15(19)10(2)21-14-11(9-17-3)7-12(16)8-13(14)20-4/h1,7-8,10,17H,6,9H2,2-4H3,(H,18,19). The molecule has 1 rings (SSSR count). The molecule has 0 aliphatic heterocycles. The summed E-state index contributed by atoms with van der Waals surface area (Å²) in [6.45, 7) is 2.33. The first-order valence-electron chi connectivity index (χ1n) is 6.42. The molecule has 0 fully saturated rings. The number of hydrogen-bond donors (Lipinski definition) is 2. The summed E-state index contributed by atoms with van der Waals surface area (Å²) in [5.41, 5.74) is 0.804. The first-order valence-corrected chi connectivity index (χ1v) is 6.80. The van der Waals surface area contributed by atoms with Gasteiger partial charge in [0.05, 0.1) is 13.7 Å². The van der Waals surface area contributed by atoms with E-state index in [2.05, 4.69) is 16.6 Å². The fraction of sp³-hybridized carbons (Fsp3) is 0.400. The molecule has 0 aromatic heterocycles. The van der Waals surface area contributed by atoms with Crippen molar-refractivity contribution in [3.8, 4) is 23.8 Å². The van der Waals surface area contributed by atoms with E-state index in [4.69, 9.17) is 27.5 Å². The van der Waals surface area contributed by atoms with Gasteiger partial charge in [0.1, 0.15) is 0 Å². The van der Waals surface area contributed by atoms with E-state index in [0.717, 1.165) is 5.56 Å². The van der Waals surface area contributed by atoms with Gasteiger partial charge in [-0.15, -0.1) is 6.42 Å². The smallest absolute Gasteiger partial charge is 0.261 e. The minimum atomic E-state index is -0.705. The highest BCUT2D eigenvalue weighted by atomic mass is 35.5. The van der Waals surface area contributed by atoms with E-state index in [-0.39, 0.29) is 12.5 Å². The maximum Gasteiger partial charge on any atom is 0.261 e. The van der Waals surface area contributed by atoms with Crippen molar-refractivity contribution in [3.05, 3.63) is 22.7 Å². The molecule has 114 valence electrons. The number of benzene rings is 1. The first-order chi connectivity index (χ1) is 10.0. The SMILES string of the molecule is C#CCNC(=O)C(C)Oc1c(CNC)cc(Cl)cc1OC. The van der Waals surface area contributed by atoms with E-state index in [1.807, 2.05) is 0 Å². The molecule has 0 aliphatic rings. The summed E-state index contributed by atoms with van der Waals surface area (Å²) in [6, 6.07) is 3.41. The molecule has 0 radical (unpaired) electrons. The molecule has 0 bridgehead atoms. The van der Waals surface area contributed by atoms with Crippen LogP contribution in [0.5, 0.6) is 11.5 Å². The maximum absolute atomic E-state index is 11.8. The molecule has 1 aromatic rings. The van der Waals surface area contributed by atoms with Crippen molar-refractivity contribution < 1.29 is 14.3 Å². The number of carbonyl (C=O) groups excluding carboxylic acids is 1. The van der Waals surface area contributed by atoms with Gasteiger partial charge in [0.2, 0.25) is 0 Å². The maximum atomic E-state index is 11.8. The van der Waals surface area contributed by atoms with Gasteiger partial charge in [0.15, 0.2) is 17.6 Å². The van der Waals surface area contributed by atoms with Crippen molar-refractivity contribution in [1.29, 1.82) is 0 Å². The Morgan fingerprint density at radius 1 is 1.52 bits per heavy atom. The van der Waals surface area contributed by atoms with Gasteiger partial charge in [-0.25, -0.2) is 0 Å². The number of ether oxygens (including phenoxy) is 2. The minimum absolute atomic E-state index is 0.160. The average molecular weight is 311 g/mol. The molecule has 0 heterocycles. The molecule has 0 aliphatic carbocycles. The Kier molecular flexibility index (Phi) is 6.86. The Morgan fingerprint density at radius 3 is 2.81 bits per heavy atom. The second-order valence-electron chi connectivity index (χ2n) is 4.31. The highest BCUT2D eigenvalue weighted by molar-refractivity contribution is 6.30. The summed E-state index contributed by atoms with van der Waals surface area (Å²) in [6.07, 6.45) is 4.40. The molecule has 21 heavy (non-hydrogen) atoms. The Bertz CT molecular complexity index is 540. The third-order valence-electron chi connectivity index (χ3n) is 2.71. The zero-order valence-corrected chi connectivity index (χ0v) is 13.1. The predicted octanol–water partition coefficient (Wildman–Crippen LogP) is 1.58. The van der Waals surface area contributed by atoms with Gasteiger partial charge in [0.25, 0.3) is 5.91 Å². The van der Waals surface area contributed by atoms with Crippen LogP contribution in [-0.2, 0) is 11.3 Å². The number of halogens is 1. The normalized spacial score (nSPS) is 11.4. The van der Waals surface area contributed by atoms with Crippen LogP contribution in [0.15, 0.2) is 12.1 Å². The van der Waals surface area contributed by atoms with E-state index in [9.17, 15) is 4.79 Å². The summed E-state index contributed by atoms with van der Waals surface area (Å²) in [7, 11) is 3.32. The van der Waals surface area contributed by atoms with Crippen molar-refractivity contribution in [3.63, 3.8) is 0 Å². The molecule has 1 unspecified atom stereocenters. The third-order valence-corrected chi connectivity index (χ3v) is 2.93. The van der Waals surface area contributed by atoms with Crippen LogP contribution in [0.25, 0.3) is 0 Å². The van der Waals surface area contributed by atoms with E-state index >= 15 is 0 Å². The Labute approximate surface area is 130 Å². The van der Waals surface area contributed by atoms with Crippen LogP contribution in [-0.4, -0.2) is 32.7 Å². The molecule has 0 spiro atoms. The second kappa shape index (κ2) is 8.40.